The molecule has 4 heteroatoms. The smallest absolute Gasteiger partial charge is 0.232 e. The second kappa shape index (κ2) is 6.40. The van der Waals surface area contributed by atoms with Crippen molar-refractivity contribution in [3.63, 3.8) is 0 Å². The molecule has 1 aromatic rings. The van der Waals surface area contributed by atoms with Crippen LogP contribution in [-0.4, -0.2) is 29.1 Å². The summed E-state index contributed by atoms with van der Waals surface area (Å²) < 4.78 is 0. The van der Waals surface area contributed by atoms with Crippen LogP contribution >= 0.6 is 23.4 Å². The van der Waals surface area contributed by atoms with E-state index in [0.717, 1.165) is 23.2 Å². The van der Waals surface area contributed by atoms with Crippen molar-refractivity contribution in [2.24, 2.45) is 5.92 Å². The van der Waals surface area contributed by atoms with E-state index in [0.29, 0.717) is 17.7 Å². The van der Waals surface area contributed by atoms with E-state index in [1.165, 1.54) is 31.2 Å². The summed E-state index contributed by atoms with van der Waals surface area (Å²) in [6.45, 7) is 1.00. The summed E-state index contributed by atoms with van der Waals surface area (Å²) in [6.07, 6.45) is 5.03. The zero-order valence-electron chi connectivity index (χ0n) is 11.6. The lowest BCUT2D eigenvalue weighted by atomic mass is 10.2. The van der Waals surface area contributed by atoms with Gasteiger partial charge in [-0.05, 0) is 49.3 Å². The van der Waals surface area contributed by atoms with Gasteiger partial charge >= 0.3 is 0 Å². The average Bonchev–Trinajstić information content (AvgIpc) is 3.28. The maximum atomic E-state index is 12.3. The third-order valence-electron chi connectivity index (χ3n) is 3.84. The number of hydrogen-bond acceptors (Lipinski definition) is 2. The fourth-order valence-corrected chi connectivity index (χ4v) is 3.46. The molecule has 0 bridgehead atoms. The van der Waals surface area contributed by atoms with Crippen molar-refractivity contribution in [1.82, 2.24) is 4.90 Å². The number of halogens is 1. The molecule has 108 valence electrons. The molecular weight excluding hydrogens is 290 g/mol. The molecule has 20 heavy (non-hydrogen) atoms. The van der Waals surface area contributed by atoms with E-state index in [2.05, 4.69) is 11.0 Å². The summed E-state index contributed by atoms with van der Waals surface area (Å²) in [4.78, 5) is 14.5. The van der Waals surface area contributed by atoms with E-state index in [4.69, 9.17) is 11.6 Å². The minimum absolute atomic E-state index is 0.325. The molecule has 1 amide bonds. The van der Waals surface area contributed by atoms with Crippen molar-refractivity contribution in [3.05, 3.63) is 34.9 Å². The third kappa shape index (κ3) is 4.16. The van der Waals surface area contributed by atoms with Gasteiger partial charge in [0.2, 0.25) is 5.91 Å². The van der Waals surface area contributed by atoms with Gasteiger partial charge in [0, 0.05) is 23.4 Å². The van der Waals surface area contributed by atoms with Crippen LogP contribution in [0.25, 0.3) is 0 Å². The molecule has 0 atom stereocenters. The Hall–Kier alpha value is -0.670. The number of carbonyl (C=O) groups excluding carboxylic acids is 1. The molecule has 3 rings (SSSR count). The second-order valence-corrected chi connectivity index (χ2v) is 7.27. The number of benzene rings is 1. The Morgan fingerprint density at radius 3 is 2.75 bits per heavy atom. The van der Waals surface area contributed by atoms with Crippen LogP contribution in [0.15, 0.2) is 24.3 Å². The molecule has 0 unspecified atom stereocenters. The summed E-state index contributed by atoms with van der Waals surface area (Å²) in [6, 6.07) is 8.43. The van der Waals surface area contributed by atoms with E-state index in [-0.39, 0.29) is 0 Å². The van der Waals surface area contributed by atoms with Gasteiger partial charge < -0.3 is 4.90 Å². The third-order valence-corrected chi connectivity index (χ3v) is 5.07. The van der Waals surface area contributed by atoms with Crippen LogP contribution in [0.2, 0.25) is 5.02 Å². The first-order valence-corrected chi connectivity index (χ1v) is 8.87. The van der Waals surface area contributed by atoms with Crippen LogP contribution in [0.3, 0.4) is 0 Å². The summed E-state index contributed by atoms with van der Waals surface area (Å²) in [7, 11) is 0. The fraction of sp³-hybridized carbons (Fsp3) is 0.562. The van der Waals surface area contributed by atoms with Gasteiger partial charge in [-0.2, -0.15) is 0 Å². The summed E-state index contributed by atoms with van der Waals surface area (Å²) in [5.74, 6) is 2.56. The molecule has 0 heterocycles. The van der Waals surface area contributed by atoms with Crippen molar-refractivity contribution < 1.29 is 4.79 Å². The van der Waals surface area contributed by atoms with Gasteiger partial charge in [0.1, 0.15) is 0 Å². The molecule has 0 saturated heterocycles. The largest absolute Gasteiger partial charge is 0.339 e. The lowest BCUT2D eigenvalue weighted by Gasteiger charge is -2.22. The van der Waals surface area contributed by atoms with Crippen LogP contribution < -0.4 is 0 Å². The zero-order valence-corrected chi connectivity index (χ0v) is 13.1. The van der Waals surface area contributed by atoms with Crippen molar-refractivity contribution in [1.29, 1.82) is 0 Å². The van der Waals surface area contributed by atoms with Gasteiger partial charge in [-0.3, -0.25) is 4.79 Å². The average molecular weight is 310 g/mol. The van der Waals surface area contributed by atoms with Crippen LogP contribution in [0, 0.1) is 5.92 Å². The Kier molecular flexibility index (Phi) is 4.57. The molecule has 2 fully saturated rings. The number of amides is 1. The molecule has 2 saturated carbocycles. The lowest BCUT2D eigenvalue weighted by molar-refractivity contribution is -0.129. The van der Waals surface area contributed by atoms with Gasteiger partial charge in [-0.1, -0.05) is 23.7 Å². The maximum absolute atomic E-state index is 12.3. The Morgan fingerprint density at radius 1 is 1.30 bits per heavy atom. The first-order chi connectivity index (χ1) is 9.72. The number of hydrogen-bond donors (Lipinski definition) is 0. The highest BCUT2D eigenvalue weighted by Gasteiger charge is 2.36. The molecule has 0 spiro atoms. The van der Waals surface area contributed by atoms with Gasteiger partial charge in [-0.15, -0.1) is 11.8 Å². The number of rotatable bonds is 7. The number of nitrogens with zero attached hydrogens (tertiary/aromatic N) is 1. The van der Waals surface area contributed by atoms with Crippen molar-refractivity contribution >= 4 is 29.3 Å². The predicted octanol–water partition coefficient (Wildman–Crippen LogP) is 3.97. The molecule has 2 aliphatic rings. The molecule has 2 nitrogen and oxygen atoms in total. The minimum atomic E-state index is 0.325. The monoisotopic (exact) mass is 309 g/mol. The first kappa shape index (κ1) is 14.3. The van der Waals surface area contributed by atoms with Crippen LogP contribution in [0.4, 0.5) is 0 Å². The standard InChI is InChI=1S/C16H20ClNOS/c17-14-3-1-2-13(8-14)10-20-11-16(19)18(15-6-7-15)9-12-4-5-12/h1-3,8,12,15H,4-7,9-11H2. The minimum Gasteiger partial charge on any atom is -0.339 e. The van der Waals surface area contributed by atoms with Crippen molar-refractivity contribution in [2.75, 3.05) is 12.3 Å². The highest BCUT2D eigenvalue weighted by atomic mass is 35.5. The second-order valence-electron chi connectivity index (χ2n) is 5.84. The summed E-state index contributed by atoms with van der Waals surface area (Å²) >= 11 is 7.66. The van der Waals surface area contributed by atoms with E-state index < -0.39 is 0 Å². The lowest BCUT2D eigenvalue weighted by Crippen LogP contribution is -2.36. The highest BCUT2D eigenvalue weighted by Crippen LogP contribution is 2.35. The van der Waals surface area contributed by atoms with Crippen LogP contribution in [-0.2, 0) is 10.5 Å². The van der Waals surface area contributed by atoms with E-state index >= 15 is 0 Å². The Bertz CT molecular complexity index is 485. The van der Waals surface area contributed by atoms with E-state index in [1.807, 2.05) is 18.2 Å². The predicted molar refractivity (Wildman–Crippen MR) is 85.1 cm³/mol. The molecule has 1 aromatic carbocycles. The molecular formula is C16H20ClNOS. The topological polar surface area (TPSA) is 20.3 Å². The summed E-state index contributed by atoms with van der Waals surface area (Å²) in [5, 5.41) is 0.766. The molecule has 2 aliphatic carbocycles. The number of carbonyl (C=O) groups is 1. The SMILES string of the molecule is O=C(CSCc1cccc(Cl)c1)N(CC1CC1)C1CC1. The van der Waals surface area contributed by atoms with E-state index in [1.54, 1.807) is 11.8 Å². The number of thioether (sulfide) groups is 1. The van der Waals surface area contributed by atoms with Crippen LogP contribution in [0.5, 0.6) is 0 Å². The summed E-state index contributed by atoms with van der Waals surface area (Å²) in [5.41, 5.74) is 1.19. The molecule has 0 aromatic heterocycles. The van der Waals surface area contributed by atoms with Crippen molar-refractivity contribution in [2.45, 2.75) is 37.5 Å². The van der Waals surface area contributed by atoms with Gasteiger partial charge in [0.15, 0.2) is 0 Å². The molecule has 0 aliphatic heterocycles. The van der Waals surface area contributed by atoms with Crippen LogP contribution in [0.1, 0.15) is 31.2 Å². The van der Waals surface area contributed by atoms with E-state index in [9.17, 15) is 4.79 Å². The Labute approximate surface area is 129 Å². The Balaban J connectivity index is 1.45. The highest BCUT2D eigenvalue weighted by molar-refractivity contribution is 7.99. The maximum Gasteiger partial charge on any atom is 0.232 e. The zero-order chi connectivity index (χ0) is 13.9. The molecule has 0 radical (unpaired) electrons. The van der Waals surface area contributed by atoms with Gasteiger partial charge in [0.05, 0.1) is 5.75 Å². The molecule has 0 N–H and O–H groups in total. The first-order valence-electron chi connectivity index (χ1n) is 7.34. The van der Waals surface area contributed by atoms with Gasteiger partial charge in [-0.25, -0.2) is 0 Å². The fourth-order valence-electron chi connectivity index (χ4n) is 2.39. The quantitative estimate of drug-likeness (QED) is 0.759. The Morgan fingerprint density at radius 2 is 2.10 bits per heavy atom. The normalized spacial score (nSPS) is 18.1. The van der Waals surface area contributed by atoms with Gasteiger partial charge in [0.25, 0.3) is 0 Å². The van der Waals surface area contributed by atoms with Crippen molar-refractivity contribution in [3.8, 4) is 0 Å².